The van der Waals surface area contributed by atoms with Crippen LogP contribution in [0.15, 0.2) is 24.3 Å². The van der Waals surface area contributed by atoms with Crippen LogP contribution in [0, 0.1) is 6.92 Å². The van der Waals surface area contributed by atoms with E-state index in [4.69, 9.17) is 11.6 Å². The van der Waals surface area contributed by atoms with Gasteiger partial charge in [-0.2, -0.15) is 4.98 Å². The summed E-state index contributed by atoms with van der Waals surface area (Å²) in [5.41, 5.74) is 3.51. The highest BCUT2D eigenvalue weighted by molar-refractivity contribution is 6.30. The summed E-state index contributed by atoms with van der Waals surface area (Å²) in [4.78, 5) is 11.2. The zero-order chi connectivity index (χ0) is 16.4. The standard InChI is InChI=1S/C17H21ClN4O/c1-11-7-16(21-17(19-11)20-12(2)10-23)22-6-5-13-8-15(18)4-3-14(13)9-22/h3-4,7-8,12,23H,5-6,9-10H2,1-2H3,(H,19,20,21)/t12-/m0/s1. The van der Waals surface area contributed by atoms with E-state index in [-0.39, 0.29) is 12.6 Å². The molecule has 1 aliphatic heterocycles. The molecular formula is C17H21ClN4O. The van der Waals surface area contributed by atoms with Crippen molar-refractivity contribution in [2.75, 3.05) is 23.4 Å². The van der Waals surface area contributed by atoms with Crippen LogP contribution in [-0.2, 0) is 13.0 Å². The molecule has 1 aromatic carbocycles. The van der Waals surface area contributed by atoms with Crippen molar-refractivity contribution in [3.8, 4) is 0 Å². The molecule has 1 aliphatic rings. The van der Waals surface area contributed by atoms with E-state index in [1.54, 1.807) is 0 Å². The fourth-order valence-corrected chi connectivity index (χ4v) is 2.96. The van der Waals surface area contributed by atoms with Gasteiger partial charge < -0.3 is 15.3 Å². The number of rotatable bonds is 4. The molecule has 2 aromatic rings. The van der Waals surface area contributed by atoms with Crippen molar-refractivity contribution in [2.45, 2.75) is 32.9 Å². The number of anilines is 2. The van der Waals surface area contributed by atoms with Crippen LogP contribution in [0.3, 0.4) is 0 Å². The number of nitrogens with one attached hydrogen (secondary N) is 1. The Morgan fingerprint density at radius 2 is 2.13 bits per heavy atom. The van der Waals surface area contributed by atoms with Gasteiger partial charge in [-0.25, -0.2) is 4.98 Å². The molecule has 0 saturated carbocycles. The number of aromatic nitrogens is 2. The smallest absolute Gasteiger partial charge is 0.225 e. The topological polar surface area (TPSA) is 61.3 Å². The van der Waals surface area contributed by atoms with E-state index in [1.165, 1.54) is 11.1 Å². The number of aliphatic hydroxyl groups excluding tert-OH is 1. The monoisotopic (exact) mass is 332 g/mol. The number of fused-ring (bicyclic) bond motifs is 1. The minimum Gasteiger partial charge on any atom is -0.394 e. The van der Waals surface area contributed by atoms with Crippen LogP contribution in [-0.4, -0.2) is 34.3 Å². The summed E-state index contributed by atoms with van der Waals surface area (Å²) in [6, 6.07) is 8.00. The molecule has 3 rings (SSSR count). The highest BCUT2D eigenvalue weighted by atomic mass is 35.5. The van der Waals surface area contributed by atoms with E-state index in [2.05, 4.69) is 32.3 Å². The van der Waals surface area contributed by atoms with Crippen LogP contribution >= 0.6 is 11.6 Å². The lowest BCUT2D eigenvalue weighted by Gasteiger charge is -2.30. The molecule has 0 amide bonds. The molecular weight excluding hydrogens is 312 g/mol. The van der Waals surface area contributed by atoms with Gasteiger partial charge in [-0.3, -0.25) is 0 Å². The molecule has 122 valence electrons. The van der Waals surface area contributed by atoms with Gasteiger partial charge in [0.1, 0.15) is 5.82 Å². The zero-order valence-corrected chi connectivity index (χ0v) is 14.1. The predicted octanol–water partition coefficient (Wildman–Crippen LogP) is 2.79. The minimum atomic E-state index is -0.0751. The summed E-state index contributed by atoms with van der Waals surface area (Å²) in [6.45, 7) is 5.62. The number of halogens is 1. The third kappa shape index (κ3) is 3.74. The molecule has 23 heavy (non-hydrogen) atoms. The predicted molar refractivity (Wildman–Crippen MR) is 93.1 cm³/mol. The van der Waals surface area contributed by atoms with Crippen molar-refractivity contribution in [3.05, 3.63) is 46.1 Å². The molecule has 0 fully saturated rings. The SMILES string of the molecule is Cc1cc(N2CCc3cc(Cl)ccc3C2)nc(N[C@@H](C)CO)n1. The summed E-state index contributed by atoms with van der Waals surface area (Å²) in [7, 11) is 0. The second-order valence-electron chi connectivity index (χ2n) is 6.00. The number of hydrogen-bond acceptors (Lipinski definition) is 5. The molecule has 1 aromatic heterocycles. The first-order valence-electron chi connectivity index (χ1n) is 7.80. The maximum atomic E-state index is 9.18. The zero-order valence-electron chi connectivity index (χ0n) is 13.4. The second kappa shape index (κ2) is 6.72. The quantitative estimate of drug-likeness (QED) is 0.901. The molecule has 2 heterocycles. The normalized spacial score (nSPS) is 15.2. The van der Waals surface area contributed by atoms with E-state index in [0.717, 1.165) is 36.0 Å². The number of benzene rings is 1. The Morgan fingerprint density at radius 1 is 1.30 bits per heavy atom. The molecule has 1 atom stereocenters. The molecule has 0 unspecified atom stereocenters. The van der Waals surface area contributed by atoms with Crippen LogP contribution in [0.4, 0.5) is 11.8 Å². The second-order valence-corrected chi connectivity index (χ2v) is 6.44. The molecule has 0 bridgehead atoms. The van der Waals surface area contributed by atoms with Crippen molar-refractivity contribution < 1.29 is 5.11 Å². The molecule has 0 spiro atoms. The van der Waals surface area contributed by atoms with Gasteiger partial charge in [-0.15, -0.1) is 0 Å². The first-order chi connectivity index (χ1) is 11.0. The maximum Gasteiger partial charge on any atom is 0.225 e. The first kappa shape index (κ1) is 16.0. The van der Waals surface area contributed by atoms with Gasteiger partial charge in [0, 0.05) is 35.9 Å². The van der Waals surface area contributed by atoms with Gasteiger partial charge in [0.05, 0.1) is 6.61 Å². The third-order valence-electron chi connectivity index (χ3n) is 3.99. The fraction of sp³-hybridized carbons (Fsp3) is 0.412. The van der Waals surface area contributed by atoms with Gasteiger partial charge >= 0.3 is 0 Å². The number of hydrogen-bond donors (Lipinski definition) is 2. The Hall–Kier alpha value is -1.85. The Bertz CT molecular complexity index is 707. The lowest BCUT2D eigenvalue weighted by molar-refractivity contribution is 0.281. The van der Waals surface area contributed by atoms with Crippen LogP contribution in [0.5, 0.6) is 0 Å². The van der Waals surface area contributed by atoms with E-state index < -0.39 is 0 Å². The van der Waals surface area contributed by atoms with Crippen molar-refractivity contribution >= 4 is 23.4 Å². The molecule has 0 radical (unpaired) electrons. The van der Waals surface area contributed by atoms with Crippen molar-refractivity contribution in [1.82, 2.24) is 9.97 Å². The first-order valence-corrected chi connectivity index (χ1v) is 8.18. The summed E-state index contributed by atoms with van der Waals surface area (Å²) in [5, 5.41) is 13.1. The average Bonchev–Trinajstić information content (AvgIpc) is 2.53. The Morgan fingerprint density at radius 3 is 2.91 bits per heavy atom. The summed E-state index contributed by atoms with van der Waals surface area (Å²) in [6.07, 6.45) is 0.953. The molecule has 5 nitrogen and oxygen atoms in total. The molecule has 0 aliphatic carbocycles. The lowest BCUT2D eigenvalue weighted by Crippen LogP contribution is -2.31. The summed E-state index contributed by atoms with van der Waals surface area (Å²) < 4.78 is 0. The Kier molecular flexibility index (Phi) is 4.68. The summed E-state index contributed by atoms with van der Waals surface area (Å²) >= 11 is 6.07. The maximum absolute atomic E-state index is 9.18. The highest BCUT2D eigenvalue weighted by Gasteiger charge is 2.19. The average molecular weight is 333 g/mol. The van der Waals surface area contributed by atoms with Gasteiger partial charge in [-0.1, -0.05) is 17.7 Å². The van der Waals surface area contributed by atoms with Crippen LogP contribution in [0.1, 0.15) is 23.7 Å². The van der Waals surface area contributed by atoms with Crippen LogP contribution < -0.4 is 10.2 Å². The molecule has 2 N–H and O–H groups in total. The van der Waals surface area contributed by atoms with Gasteiger partial charge in [0.2, 0.25) is 5.95 Å². The molecule has 6 heteroatoms. The van der Waals surface area contributed by atoms with Crippen LogP contribution in [0.25, 0.3) is 0 Å². The van der Waals surface area contributed by atoms with Crippen molar-refractivity contribution in [3.63, 3.8) is 0 Å². The van der Waals surface area contributed by atoms with Crippen molar-refractivity contribution in [2.24, 2.45) is 0 Å². The fourth-order valence-electron chi connectivity index (χ4n) is 2.76. The highest BCUT2D eigenvalue weighted by Crippen LogP contribution is 2.26. The van der Waals surface area contributed by atoms with Gasteiger partial charge in [-0.05, 0) is 43.5 Å². The number of aryl methyl sites for hydroxylation is 1. The minimum absolute atomic E-state index is 0.0461. The van der Waals surface area contributed by atoms with E-state index in [9.17, 15) is 5.11 Å². The Balaban J connectivity index is 1.83. The van der Waals surface area contributed by atoms with E-state index >= 15 is 0 Å². The van der Waals surface area contributed by atoms with E-state index in [1.807, 2.05) is 26.0 Å². The number of nitrogens with zero attached hydrogens (tertiary/aromatic N) is 3. The van der Waals surface area contributed by atoms with Gasteiger partial charge in [0.15, 0.2) is 0 Å². The van der Waals surface area contributed by atoms with Crippen molar-refractivity contribution in [1.29, 1.82) is 0 Å². The Labute approximate surface area is 141 Å². The number of aliphatic hydroxyl groups is 1. The lowest BCUT2D eigenvalue weighted by atomic mass is 10.00. The molecule has 0 saturated heterocycles. The van der Waals surface area contributed by atoms with E-state index in [0.29, 0.717) is 5.95 Å². The van der Waals surface area contributed by atoms with Crippen LogP contribution in [0.2, 0.25) is 5.02 Å². The summed E-state index contributed by atoms with van der Waals surface area (Å²) in [5.74, 6) is 1.47. The third-order valence-corrected chi connectivity index (χ3v) is 4.23. The van der Waals surface area contributed by atoms with Gasteiger partial charge in [0.25, 0.3) is 0 Å². The largest absolute Gasteiger partial charge is 0.394 e.